The SMILES string of the molecule is Cc1ccc(-c2nc(CC(=O)NCC(C)CN)cs2)cc1.Cl.Cl. The van der Waals surface area contributed by atoms with Crippen LogP contribution in [-0.4, -0.2) is 24.0 Å². The van der Waals surface area contributed by atoms with Gasteiger partial charge in [-0.3, -0.25) is 4.79 Å². The molecule has 1 atom stereocenters. The summed E-state index contributed by atoms with van der Waals surface area (Å²) >= 11 is 1.57. The lowest BCUT2D eigenvalue weighted by Crippen LogP contribution is -2.32. The van der Waals surface area contributed by atoms with Crippen LogP contribution in [0.2, 0.25) is 0 Å². The second-order valence-electron chi connectivity index (χ2n) is 5.33. The molecule has 0 spiro atoms. The molecule has 2 rings (SSSR count). The van der Waals surface area contributed by atoms with E-state index in [1.165, 1.54) is 5.56 Å². The van der Waals surface area contributed by atoms with Crippen molar-refractivity contribution in [3.8, 4) is 10.6 Å². The number of halogens is 2. The molecule has 0 aliphatic heterocycles. The molecule has 1 unspecified atom stereocenters. The fourth-order valence-corrected chi connectivity index (χ4v) is 2.64. The zero-order valence-corrected chi connectivity index (χ0v) is 15.7. The fourth-order valence-electron chi connectivity index (χ4n) is 1.82. The van der Waals surface area contributed by atoms with Crippen LogP contribution in [0.25, 0.3) is 10.6 Å². The van der Waals surface area contributed by atoms with Gasteiger partial charge in [0.2, 0.25) is 5.91 Å². The first kappa shape index (κ1) is 21.9. The van der Waals surface area contributed by atoms with E-state index in [2.05, 4.69) is 41.5 Å². The number of carbonyl (C=O) groups is 1. The molecule has 1 heterocycles. The Balaban J connectivity index is 0.00000242. The Bertz CT molecular complexity index is 602. The van der Waals surface area contributed by atoms with Gasteiger partial charge in [0, 0.05) is 17.5 Å². The Labute approximate surface area is 153 Å². The summed E-state index contributed by atoms with van der Waals surface area (Å²) in [5.41, 5.74) is 8.66. The molecule has 0 aliphatic carbocycles. The Kier molecular flexibility index (Phi) is 10.1. The normalized spacial score (nSPS) is 11.1. The van der Waals surface area contributed by atoms with Gasteiger partial charge in [-0.2, -0.15) is 0 Å². The summed E-state index contributed by atoms with van der Waals surface area (Å²) in [4.78, 5) is 16.4. The molecule has 0 radical (unpaired) electrons. The molecule has 23 heavy (non-hydrogen) atoms. The first-order chi connectivity index (χ1) is 10.1. The van der Waals surface area contributed by atoms with Crippen molar-refractivity contribution in [2.75, 3.05) is 13.1 Å². The van der Waals surface area contributed by atoms with Gasteiger partial charge < -0.3 is 11.1 Å². The van der Waals surface area contributed by atoms with Crippen molar-refractivity contribution in [1.29, 1.82) is 0 Å². The molecule has 1 aromatic carbocycles. The Morgan fingerprint density at radius 2 is 1.96 bits per heavy atom. The second-order valence-corrected chi connectivity index (χ2v) is 6.19. The van der Waals surface area contributed by atoms with Crippen LogP contribution >= 0.6 is 36.2 Å². The van der Waals surface area contributed by atoms with Gasteiger partial charge in [0.1, 0.15) is 5.01 Å². The number of hydrogen-bond donors (Lipinski definition) is 2. The number of benzene rings is 1. The summed E-state index contributed by atoms with van der Waals surface area (Å²) in [5, 5.41) is 5.78. The smallest absolute Gasteiger partial charge is 0.226 e. The highest BCUT2D eigenvalue weighted by Crippen LogP contribution is 2.24. The molecular formula is C16H23Cl2N3OS. The van der Waals surface area contributed by atoms with Gasteiger partial charge in [0.15, 0.2) is 0 Å². The average Bonchev–Trinajstić information content (AvgIpc) is 2.94. The van der Waals surface area contributed by atoms with Crippen LogP contribution in [0.3, 0.4) is 0 Å². The van der Waals surface area contributed by atoms with E-state index in [1.54, 1.807) is 11.3 Å². The maximum Gasteiger partial charge on any atom is 0.226 e. The summed E-state index contributed by atoms with van der Waals surface area (Å²) in [6, 6.07) is 8.25. The minimum absolute atomic E-state index is 0. The van der Waals surface area contributed by atoms with E-state index in [1.807, 2.05) is 12.3 Å². The number of nitrogens with two attached hydrogens (primary N) is 1. The zero-order chi connectivity index (χ0) is 15.2. The third kappa shape index (κ3) is 6.87. The molecule has 0 bridgehead atoms. The van der Waals surface area contributed by atoms with Crippen molar-refractivity contribution in [1.82, 2.24) is 10.3 Å². The van der Waals surface area contributed by atoms with Crippen molar-refractivity contribution < 1.29 is 4.79 Å². The van der Waals surface area contributed by atoms with E-state index >= 15 is 0 Å². The molecular weight excluding hydrogens is 353 g/mol. The molecule has 4 nitrogen and oxygen atoms in total. The van der Waals surface area contributed by atoms with Crippen LogP contribution in [0.5, 0.6) is 0 Å². The van der Waals surface area contributed by atoms with Gasteiger partial charge >= 0.3 is 0 Å². The third-order valence-corrected chi connectivity index (χ3v) is 4.18. The number of aryl methyl sites for hydroxylation is 1. The molecule has 0 saturated heterocycles. The number of amides is 1. The van der Waals surface area contributed by atoms with Gasteiger partial charge in [-0.1, -0.05) is 36.8 Å². The first-order valence-corrected chi connectivity index (χ1v) is 7.94. The van der Waals surface area contributed by atoms with Crippen LogP contribution < -0.4 is 11.1 Å². The van der Waals surface area contributed by atoms with E-state index in [-0.39, 0.29) is 30.7 Å². The predicted octanol–water partition coefficient (Wildman–Crippen LogP) is 3.22. The molecule has 0 saturated carbocycles. The maximum atomic E-state index is 11.8. The Hall–Kier alpha value is -1.14. The fraction of sp³-hybridized carbons (Fsp3) is 0.375. The highest BCUT2D eigenvalue weighted by Gasteiger charge is 2.09. The molecule has 2 aromatic rings. The van der Waals surface area contributed by atoms with Crippen molar-refractivity contribution in [2.24, 2.45) is 11.7 Å². The summed E-state index contributed by atoms with van der Waals surface area (Å²) in [5.74, 6) is 0.295. The minimum Gasteiger partial charge on any atom is -0.355 e. The quantitative estimate of drug-likeness (QED) is 0.814. The van der Waals surface area contributed by atoms with Crippen LogP contribution in [-0.2, 0) is 11.2 Å². The van der Waals surface area contributed by atoms with Crippen molar-refractivity contribution in [2.45, 2.75) is 20.3 Å². The molecule has 1 aromatic heterocycles. The predicted molar refractivity (Wildman–Crippen MR) is 102 cm³/mol. The zero-order valence-electron chi connectivity index (χ0n) is 13.2. The summed E-state index contributed by atoms with van der Waals surface area (Å²) < 4.78 is 0. The van der Waals surface area contributed by atoms with E-state index < -0.39 is 0 Å². The second kappa shape index (κ2) is 10.6. The summed E-state index contributed by atoms with van der Waals surface area (Å²) in [6.45, 7) is 5.27. The monoisotopic (exact) mass is 375 g/mol. The number of hydrogen-bond acceptors (Lipinski definition) is 4. The first-order valence-electron chi connectivity index (χ1n) is 7.06. The average molecular weight is 376 g/mol. The number of thiazole rings is 1. The maximum absolute atomic E-state index is 11.8. The minimum atomic E-state index is -0.00365. The van der Waals surface area contributed by atoms with Gasteiger partial charge in [0.25, 0.3) is 0 Å². The van der Waals surface area contributed by atoms with Gasteiger partial charge in [0.05, 0.1) is 12.1 Å². The number of carbonyl (C=O) groups excluding carboxylic acids is 1. The highest BCUT2D eigenvalue weighted by atomic mass is 35.5. The number of rotatable bonds is 6. The highest BCUT2D eigenvalue weighted by molar-refractivity contribution is 7.13. The van der Waals surface area contributed by atoms with Gasteiger partial charge in [-0.05, 0) is 19.4 Å². The standard InChI is InChI=1S/C16H21N3OS.2ClH/c1-11-3-5-13(6-4-11)16-19-14(10-21-16)7-15(20)18-9-12(2)8-17;;/h3-6,10,12H,7-9,17H2,1-2H3,(H,18,20);2*1H. The van der Waals surface area contributed by atoms with Gasteiger partial charge in [-0.25, -0.2) is 4.98 Å². The van der Waals surface area contributed by atoms with E-state index in [9.17, 15) is 4.79 Å². The van der Waals surface area contributed by atoms with E-state index in [4.69, 9.17) is 5.73 Å². The molecule has 1 amide bonds. The Morgan fingerprint density at radius 3 is 2.57 bits per heavy atom. The van der Waals surface area contributed by atoms with Gasteiger partial charge in [-0.15, -0.1) is 36.2 Å². The molecule has 7 heteroatoms. The van der Waals surface area contributed by atoms with E-state index in [0.717, 1.165) is 16.3 Å². The lowest BCUT2D eigenvalue weighted by Gasteiger charge is -2.09. The molecule has 0 aliphatic rings. The lowest BCUT2D eigenvalue weighted by molar-refractivity contribution is -0.120. The largest absolute Gasteiger partial charge is 0.355 e. The third-order valence-electron chi connectivity index (χ3n) is 3.24. The molecule has 128 valence electrons. The lowest BCUT2D eigenvalue weighted by atomic mass is 10.1. The van der Waals surface area contributed by atoms with Crippen molar-refractivity contribution in [3.63, 3.8) is 0 Å². The molecule has 3 N–H and O–H groups in total. The van der Waals surface area contributed by atoms with Crippen LogP contribution in [0, 0.1) is 12.8 Å². The Morgan fingerprint density at radius 1 is 1.30 bits per heavy atom. The van der Waals surface area contributed by atoms with Crippen LogP contribution in [0.1, 0.15) is 18.2 Å². The van der Waals surface area contributed by atoms with Crippen molar-refractivity contribution in [3.05, 3.63) is 40.9 Å². The number of aromatic nitrogens is 1. The van der Waals surface area contributed by atoms with Crippen LogP contribution in [0.15, 0.2) is 29.6 Å². The van der Waals surface area contributed by atoms with Crippen LogP contribution in [0.4, 0.5) is 0 Å². The van der Waals surface area contributed by atoms with Crippen molar-refractivity contribution >= 4 is 42.1 Å². The molecule has 0 fully saturated rings. The summed E-state index contributed by atoms with van der Waals surface area (Å²) in [6.07, 6.45) is 0.319. The summed E-state index contributed by atoms with van der Waals surface area (Å²) in [7, 11) is 0. The van der Waals surface area contributed by atoms with E-state index in [0.29, 0.717) is 25.4 Å². The number of nitrogens with zero attached hydrogens (tertiary/aromatic N) is 1. The number of nitrogens with one attached hydrogen (secondary N) is 1. The topological polar surface area (TPSA) is 68.0 Å².